The number of para-hydroxylation sites is 1. The number of nitrogens with one attached hydrogen (secondary N) is 2. The zero-order chi connectivity index (χ0) is 19.2. The number of carbonyl (C=O) groups is 3. The fourth-order valence-electron chi connectivity index (χ4n) is 3.03. The molecule has 27 heavy (non-hydrogen) atoms. The van der Waals surface area contributed by atoms with Gasteiger partial charge in [0, 0.05) is 18.8 Å². The molecule has 140 valence electrons. The number of carbonyl (C=O) groups excluding carboxylic acids is 2. The number of amides is 3. The van der Waals surface area contributed by atoms with Gasteiger partial charge in [0.15, 0.2) is 0 Å². The van der Waals surface area contributed by atoms with Gasteiger partial charge in [-0.05, 0) is 42.7 Å². The molecule has 0 radical (unpaired) electrons. The number of hydrogen-bond donors (Lipinski definition) is 3. The van der Waals surface area contributed by atoms with Gasteiger partial charge in [0.2, 0.25) is 5.91 Å². The molecule has 0 aliphatic carbocycles. The second-order valence-electron chi connectivity index (χ2n) is 6.35. The van der Waals surface area contributed by atoms with E-state index in [2.05, 4.69) is 10.6 Å². The normalized spacial score (nSPS) is 16.7. The van der Waals surface area contributed by atoms with Gasteiger partial charge < -0.3 is 20.6 Å². The van der Waals surface area contributed by atoms with Gasteiger partial charge in [0.05, 0.1) is 5.56 Å². The number of urea groups is 1. The molecule has 1 aliphatic heterocycles. The van der Waals surface area contributed by atoms with E-state index >= 15 is 0 Å². The highest BCUT2D eigenvalue weighted by molar-refractivity contribution is 5.99. The van der Waals surface area contributed by atoms with Crippen LogP contribution in [0.2, 0.25) is 0 Å². The minimum Gasteiger partial charge on any atom is -0.478 e. The number of carboxylic acids is 1. The van der Waals surface area contributed by atoms with Crippen LogP contribution in [0.15, 0.2) is 54.6 Å². The molecule has 0 bridgehead atoms. The molecule has 7 nitrogen and oxygen atoms in total. The summed E-state index contributed by atoms with van der Waals surface area (Å²) in [6, 6.07) is 14.7. The predicted octanol–water partition coefficient (Wildman–Crippen LogP) is 2.38. The molecule has 1 heterocycles. The highest BCUT2D eigenvalue weighted by Crippen LogP contribution is 2.20. The van der Waals surface area contributed by atoms with Crippen molar-refractivity contribution in [1.82, 2.24) is 10.6 Å². The Morgan fingerprint density at radius 1 is 1.07 bits per heavy atom. The second-order valence-corrected chi connectivity index (χ2v) is 6.35. The second kappa shape index (κ2) is 8.35. The van der Waals surface area contributed by atoms with Crippen LogP contribution in [0.3, 0.4) is 0 Å². The Bertz CT molecular complexity index is 821. The summed E-state index contributed by atoms with van der Waals surface area (Å²) in [5.41, 5.74) is 1.79. The van der Waals surface area contributed by atoms with Crippen molar-refractivity contribution in [3.05, 3.63) is 65.7 Å². The van der Waals surface area contributed by atoms with Crippen LogP contribution < -0.4 is 15.5 Å². The molecule has 7 heteroatoms. The Morgan fingerprint density at radius 3 is 2.44 bits per heavy atom. The van der Waals surface area contributed by atoms with Crippen molar-refractivity contribution in [3.8, 4) is 0 Å². The summed E-state index contributed by atoms with van der Waals surface area (Å²) in [4.78, 5) is 37.4. The van der Waals surface area contributed by atoms with E-state index in [4.69, 9.17) is 5.11 Å². The summed E-state index contributed by atoms with van der Waals surface area (Å²) in [6.07, 6.45) is 1.41. The molecular weight excluding hydrogens is 346 g/mol. The van der Waals surface area contributed by atoms with Crippen molar-refractivity contribution >= 4 is 23.6 Å². The van der Waals surface area contributed by atoms with Gasteiger partial charge in [-0.3, -0.25) is 4.79 Å². The number of hydrogen-bond acceptors (Lipinski definition) is 3. The van der Waals surface area contributed by atoms with Gasteiger partial charge in [-0.15, -0.1) is 0 Å². The van der Waals surface area contributed by atoms with Crippen molar-refractivity contribution in [3.63, 3.8) is 0 Å². The average molecular weight is 367 g/mol. The Kier molecular flexibility index (Phi) is 5.71. The van der Waals surface area contributed by atoms with E-state index in [9.17, 15) is 14.4 Å². The largest absolute Gasteiger partial charge is 0.478 e. The third-order valence-electron chi connectivity index (χ3n) is 4.47. The van der Waals surface area contributed by atoms with Crippen LogP contribution in [-0.2, 0) is 11.3 Å². The standard InChI is InChI=1S/C20H21N3O4/c24-18-17(7-4-12-23(18)16-5-2-1-3-6-16)22-20(27)21-13-14-8-10-15(11-9-14)19(25)26/h1-3,5-6,8-11,17H,4,7,12-13H2,(H,25,26)(H2,21,22,27). The van der Waals surface area contributed by atoms with Gasteiger partial charge in [-0.1, -0.05) is 30.3 Å². The Morgan fingerprint density at radius 2 is 1.78 bits per heavy atom. The first kappa shape index (κ1) is 18.4. The number of piperidine rings is 1. The van der Waals surface area contributed by atoms with E-state index < -0.39 is 18.0 Å². The third-order valence-corrected chi connectivity index (χ3v) is 4.47. The van der Waals surface area contributed by atoms with Crippen LogP contribution in [0.5, 0.6) is 0 Å². The fraction of sp³-hybridized carbons (Fsp3) is 0.250. The molecule has 2 aromatic rings. The van der Waals surface area contributed by atoms with E-state index in [0.29, 0.717) is 13.0 Å². The Labute approximate surface area is 157 Å². The number of benzene rings is 2. The smallest absolute Gasteiger partial charge is 0.335 e. The van der Waals surface area contributed by atoms with Crippen molar-refractivity contribution in [2.45, 2.75) is 25.4 Å². The van der Waals surface area contributed by atoms with Crippen LogP contribution >= 0.6 is 0 Å². The number of anilines is 1. The van der Waals surface area contributed by atoms with Crippen LogP contribution in [-0.4, -0.2) is 35.6 Å². The Hall–Kier alpha value is -3.35. The minimum atomic E-state index is -0.994. The van der Waals surface area contributed by atoms with E-state index in [1.807, 2.05) is 30.3 Å². The summed E-state index contributed by atoms with van der Waals surface area (Å²) in [6.45, 7) is 0.883. The molecule has 3 amide bonds. The molecule has 1 saturated heterocycles. The average Bonchev–Trinajstić information content (AvgIpc) is 2.69. The summed E-state index contributed by atoms with van der Waals surface area (Å²) >= 11 is 0. The molecule has 2 aromatic carbocycles. The summed E-state index contributed by atoms with van der Waals surface area (Å²) in [5.74, 6) is -1.11. The SMILES string of the molecule is O=C(NCc1ccc(C(=O)O)cc1)NC1CCCN(c2ccccc2)C1=O. The first-order valence-corrected chi connectivity index (χ1v) is 8.77. The van der Waals surface area contributed by atoms with E-state index in [-0.39, 0.29) is 18.0 Å². The zero-order valence-electron chi connectivity index (χ0n) is 14.7. The molecule has 1 aliphatic rings. The third kappa shape index (κ3) is 4.63. The van der Waals surface area contributed by atoms with Gasteiger partial charge in [-0.25, -0.2) is 9.59 Å². The lowest BCUT2D eigenvalue weighted by molar-refractivity contribution is -0.121. The van der Waals surface area contributed by atoms with Crippen molar-refractivity contribution in [2.24, 2.45) is 0 Å². The van der Waals surface area contributed by atoms with Gasteiger partial charge in [0.25, 0.3) is 0 Å². The molecule has 0 spiro atoms. The minimum absolute atomic E-state index is 0.117. The summed E-state index contributed by atoms with van der Waals surface area (Å²) in [7, 11) is 0. The molecular formula is C20H21N3O4. The number of carboxylic acid groups (broad SMARTS) is 1. The molecule has 3 N–H and O–H groups in total. The maximum atomic E-state index is 12.7. The zero-order valence-corrected chi connectivity index (χ0v) is 14.7. The van der Waals surface area contributed by atoms with Crippen molar-refractivity contribution in [1.29, 1.82) is 0 Å². The highest BCUT2D eigenvalue weighted by atomic mass is 16.4. The van der Waals surface area contributed by atoms with Crippen molar-refractivity contribution in [2.75, 3.05) is 11.4 Å². The Balaban J connectivity index is 1.54. The van der Waals surface area contributed by atoms with Gasteiger partial charge in [0.1, 0.15) is 6.04 Å². The first-order chi connectivity index (χ1) is 13.0. The van der Waals surface area contributed by atoms with Crippen LogP contribution in [0.4, 0.5) is 10.5 Å². The molecule has 1 unspecified atom stereocenters. The summed E-state index contributed by atoms with van der Waals surface area (Å²) < 4.78 is 0. The molecule has 1 atom stereocenters. The van der Waals surface area contributed by atoms with Crippen LogP contribution in [0, 0.1) is 0 Å². The molecule has 3 rings (SSSR count). The lowest BCUT2D eigenvalue weighted by Gasteiger charge is -2.32. The lowest BCUT2D eigenvalue weighted by Crippen LogP contribution is -2.54. The highest BCUT2D eigenvalue weighted by Gasteiger charge is 2.30. The molecule has 1 fully saturated rings. The van der Waals surface area contributed by atoms with Crippen LogP contribution in [0.1, 0.15) is 28.8 Å². The van der Waals surface area contributed by atoms with E-state index in [0.717, 1.165) is 17.7 Å². The summed E-state index contributed by atoms with van der Waals surface area (Å²) in [5, 5.41) is 14.3. The fourth-order valence-corrected chi connectivity index (χ4v) is 3.03. The van der Waals surface area contributed by atoms with Gasteiger partial charge >= 0.3 is 12.0 Å². The maximum Gasteiger partial charge on any atom is 0.335 e. The van der Waals surface area contributed by atoms with Crippen molar-refractivity contribution < 1.29 is 19.5 Å². The molecule has 0 aromatic heterocycles. The number of rotatable bonds is 5. The first-order valence-electron chi connectivity index (χ1n) is 8.77. The topological polar surface area (TPSA) is 98.7 Å². The monoisotopic (exact) mass is 367 g/mol. The van der Waals surface area contributed by atoms with Crippen LogP contribution in [0.25, 0.3) is 0 Å². The van der Waals surface area contributed by atoms with E-state index in [1.165, 1.54) is 12.1 Å². The number of nitrogens with zero attached hydrogens (tertiary/aromatic N) is 1. The predicted molar refractivity (Wildman–Crippen MR) is 101 cm³/mol. The quantitative estimate of drug-likeness (QED) is 0.756. The number of aromatic carboxylic acids is 1. The lowest BCUT2D eigenvalue weighted by atomic mass is 10.0. The molecule has 0 saturated carbocycles. The van der Waals surface area contributed by atoms with E-state index in [1.54, 1.807) is 17.0 Å². The maximum absolute atomic E-state index is 12.7. The van der Waals surface area contributed by atoms with Gasteiger partial charge in [-0.2, -0.15) is 0 Å².